The molecule has 14 heteroatoms. The van der Waals surface area contributed by atoms with Gasteiger partial charge in [-0.15, -0.1) is 11.3 Å². The molecule has 8 nitrogen and oxygen atoms in total. The summed E-state index contributed by atoms with van der Waals surface area (Å²) in [5, 5.41) is 14.5. The number of nitrogens with zero attached hydrogens (tertiary/aromatic N) is 5. The standard InChI is InChI=1S/C35H32ClF4N7OS/c36-23-10-21-28(27(38)26(23)20-4-5-24(37)29-25(20)22(12-41)31(42)49-29)43-33(48-16-34-7-1-9-47(34)13-17(11-34)30(39)40)44-32(21)46-14-19-6-8-35(15-46,45-19)18-2-3-18/h4-5,10,18-19,45H,1-3,6-9,11,13-16,42H2/t19-,34-,35+/m0/s1. The predicted molar refractivity (Wildman–Crippen MR) is 181 cm³/mol. The average Bonchev–Trinajstić information content (AvgIpc) is 3.52. The quantitative estimate of drug-likeness (QED) is 0.200. The van der Waals surface area contributed by atoms with Gasteiger partial charge in [0.2, 0.25) is 0 Å². The molecule has 2 aromatic carbocycles. The van der Waals surface area contributed by atoms with Gasteiger partial charge in [0.15, 0.2) is 5.82 Å². The monoisotopic (exact) mass is 709 g/mol. The third-order valence-corrected chi connectivity index (χ3v) is 12.8. The molecule has 0 spiro atoms. The number of nitriles is 1. The van der Waals surface area contributed by atoms with Gasteiger partial charge in [0.05, 0.1) is 20.8 Å². The lowest BCUT2D eigenvalue weighted by atomic mass is 9.90. The van der Waals surface area contributed by atoms with E-state index in [0.29, 0.717) is 43.2 Å². The van der Waals surface area contributed by atoms with Crippen molar-refractivity contribution in [1.29, 1.82) is 5.26 Å². The smallest absolute Gasteiger partial charge is 0.319 e. The van der Waals surface area contributed by atoms with Crippen LogP contribution in [0.1, 0.15) is 50.5 Å². The lowest BCUT2D eigenvalue weighted by Crippen LogP contribution is -2.61. The number of anilines is 2. The second-order valence-electron chi connectivity index (χ2n) is 14.3. The zero-order valence-electron chi connectivity index (χ0n) is 26.4. The lowest BCUT2D eigenvalue weighted by Gasteiger charge is -2.42. The summed E-state index contributed by atoms with van der Waals surface area (Å²) in [7, 11) is 0. The van der Waals surface area contributed by atoms with Crippen LogP contribution in [0.4, 0.5) is 28.4 Å². The van der Waals surface area contributed by atoms with Crippen LogP contribution in [-0.2, 0) is 0 Å². The molecule has 0 unspecified atom stereocenters. The molecule has 4 saturated heterocycles. The Morgan fingerprint density at radius 1 is 1.20 bits per heavy atom. The number of ether oxygens (including phenoxy) is 1. The molecular weight excluding hydrogens is 678 g/mol. The van der Waals surface area contributed by atoms with Gasteiger partial charge in [-0.05, 0) is 75.1 Å². The fraction of sp³-hybridized carbons (Fsp3) is 0.457. The van der Waals surface area contributed by atoms with Crippen LogP contribution >= 0.6 is 22.9 Å². The SMILES string of the molecule is N#Cc1c(N)sc2c(F)ccc(-c3c(Cl)cc4c(N5C[C@@H]6CC[C@](C7CC7)(C5)N6)nc(OC[C@@]56CCCN5CC(=C(F)F)C6)nc4c3F)c12. The molecule has 9 rings (SSSR count). The minimum atomic E-state index is -1.65. The van der Waals surface area contributed by atoms with Gasteiger partial charge in [0, 0.05) is 53.1 Å². The Hall–Kier alpha value is -3.70. The second kappa shape index (κ2) is 11.2. The molecule has 2 bridgehead atoms. The molecule has 6 heterocycles. The van der Waals surface area contributed by atoms with E-state index >= 15 is 4.39 Å². The highest BCUT2D eigenvalue weighted by Crippen LogP contribution is 2.50. The molecule has 0 radical (unpaired) electrons. The summed E-state index contributed by atoms with van der Waals surface area (Å²) < 4.78 is 65.8. The van der Waals surface area contributed by atoms with Crippen molar-refractivity contribution < 1.29 is 22.3 Å². The summed E-state index contributed by atoms with van der Waals surface area (Å²) >= 11 is 7.83. The van der Waals surface area contributed by atoms with E-state index in [4.69, 9.17) is 27.1 Å². The van der Waals surface area contributed by atoms with Gasteiger partial charge >= 0.3 is 6.01 Å². The van der Waals surface area contributed by atoms with Gasteiger partial charge in [-0.3, -0.25) is 4.90 Å². The van der Waals surface area contributed by atoms with Crippen molar-refractivity contribution >= 4 is 54.7 Å². The van der Waals surface area contributed by atoms with Crippen LogP contribution in [0.15, 0.2) is 29.9 Å². The van der Waals surface area contributed by atoms with Gasteiger partial charge in [0.1, 0.15) is 34.8 Å². The van der Waals surface area contributed by atoms with E-state index in [9.17, 15) is 18.4 Å². The summed E-state index contributed by atoms with van der Waals surface area (Å²) in [6.45, 7) is 2.30. The third kappa shape index (κ3) is 4.82. The van der Waals surface area contributed by atoms with E-state index in [1.54, 1.807) is 6.07 Å². The van der Waals surface area contributed by atoms with Crippen molar-refractivity contribution in [1.82, 2.24) is 20.2 Å². The number of fused-ring (bicyclic) bond motifs is 5. The molecule has 254 valence electrons. The normalized spacial score (nSPS) is 26.6. The van der Waals surface area contributed by atoms with Crippen molar-refractivity contribution in [3.63, 3.8) is 0 Å². The Labute approximate surface area is 288 Å². The van der Waals surface area contributed by atoms with E-state index in [-0.39, 0.29) is 85.1 Å². The van der Waals surface area contributed by atoms with Gasteiger partial charge in [0.25, 0.3) is 6.08 Å². The molecule has 3 atom stereocenters. The van der Waals surface area contributed by atoms with Gasteiger partial charge < -0.3 is 20.7 Å². The Balaban J connectivity index is 1.20. The summed E-state index contributed by atoms with van der Waals surface area (Å²) in [4.78, 5) is 13.7. The third-order valence-electron chi connectivity index (χ3n) is 11.4. The maximum Gasteiger partial charge on any atom is 0.319 e. The van der Waals surface area contributed by atoms with Crippen LogP contribution < -0.4 is 20.7 Å². The Morgan fingerprint density at radius 2 is 2.04 bits per heavy atom. The zero-order chi connectivity index (χ0) is 33.8. The molecule has 1 aliphatic carbocycles. The van der Waals surface area contributed by atoms with Crippen LogP contribution in [0.25, 0.3) is 32.1 Å². The minimum Gasteiger partial charge on any atom is -0.461 e. The summed E-state index contributed by atoms with van der Waals surface area (Å²) in [5.74, 6) is -0.281. The van der Waals surface area contributed by atoms with E-state index in [0.717, 1.165) is 43.4 Å². The molecular formula is C35H32ClF4N7OS. The van der Waals surface area contributed by atoms with Gasteiger partial charge in [-0.2, -0.15) is 24.0 Å². The average molecular weight is 710 g/mol. The van der Waals surface area contributed by atoms with Crippen molar-refractivity contribution in [2.75, 3.05) is 43.4 Å². The first kappa shape index (κ1) is 31.3. The number of halogens is 5. The van der Waals surface area contributed by atoms with E-state index in [2.05, 4.69) is 15.2 Å². The highest BCUT2D eigenvalue weighted by molar-refractivity contribution is 7.23. The van der Waals surface area contributed by atoms with Crippen LogP contribution in [0, 0.1) is 28.9 Å². The molecule has 2 aromatic heterocycles. The number of piperazine rings is 1. The molecule has 1 saturated carbocycles. The van der Waals surface area contributed by atoms with Crippen molar-refractivity contribution in [3.05, 3.63) is 52.1 Å². The molecule has 5 aliphatic rings. The number of thiophene rings is 1. The number of nitrogen functional groups attached to an aromatic ring is 1. The lowest BCUT2D eigenvalue weighted by molar-refractivity contribution is 0.108. The fourth-order valence-corrected chi connectivity index (χ4v) is 10.3. The second-order valence-corrected chi connectivity index (χ2v) is 15.8. The summed E-state index contributed by atoms with van der Waals surface area (Å²) in [6, 6.07) is 6.47. The first-order valence-corrected chi connectivity index (χ1v) is 17.8. The van der Waals surface area contributed by atoms with Crippen LogP contribution in [0.3, 0.4) is 0 Å². The number of nitrogens with two attached hydrogens (primary N) is 1. The van der Waals surface area contributed by atoms with Crippen LogP contribution in [0.2, 0.25) is 5.02 Å². The number of nitrogens with one attached hydrogen (secondary N) is 1. The van der Waals surface area contributed by atoms with Gasteiger partial charge in [-0.1, -0.05) is 17.7 Å². The molecule has 4 aromatic rings. The van der Waals surface area contributed by atoms with Crippen molar-refractivity contribution in [2.24, 2.45) is 5.92 Å². The van der Waals surface area contributed by atoms with Crippen LogP contribution in [-0.4, -0.2) is 64.8 Å². The number of hydrogen-bond acceptors (Lipinski definition) is 9. The predicted octanol–water partition coefficient (Wildman–Crippen LogP) is 7.39. The first-order valence-electron chi connectivity index (χ1n) is 16.6. The topological polar surface area (TPSA) is 103 Å². The van der Waals surface area contributed by atoms with E-state index in [1.807, 2.05) is 11.0 Å². The molecule has 49 heavy (non-hydrogen) atoms. The molecule has 4 aliphatic heterocycles. The molecule has 0 amide bonds. The fourth-order valence-electron chi connectivity index (χ4n) is 9.05. The largest absolute Gasteiger partial charge is 0.461 e. The van der Waals surface area contributed by atoms with Crippen molar-refractivity contribution in [3.8, 4) is 23.2 Å². The van der Waals surface area contributed by atoms with Gasteiger partial charge in [-0.25, -0.2) is 8.78 Å². The van der Waals surface area contributed by atoms with Crippen LogP contribution in [0.5, 0.6) is 6.01 Å². The molecule has 5 fully saturated rings. The van der Waals surface area contributed by atoms with E-state index in [1.165, 1.54) is 12.1 Å². The Bertz CT molecular complexity index is 2150. The Morgan fingerprint density at radius 3 is 2.82 bits per heavy atom. The van der Waals surface area contributed by atoms with Crippen molar-refractivity contribution in [2.45, 2.75) is 62.1 Å². The minimum absolute atomic E-state index is 0.0347. The number of aromatic nitrogens is 2. The summed E-state index contributed by atoms with van der Waals surface area (Å²) in [6.07, 6.45) is 4.50. The molecule has 3 N–H and O–H groups in total. The maximum absolute atomic E-state index is 17.1. The number of benzene rings is 2. The highest BCUT2D eigenvalue weighted by Gasteiger charge is 2.53. The Kier molecular flexibility index (Phi) is 7.12. The zero-order valence-corrected chi connectivity index (χ0v) is 28.0. The first-order chi connectivity index (χ1) is 23.6. The highest BCUT2D eigenvalue weighted by atomic mass is 35.5. The number of rotatable bonds is 6. The summed E-state index contributed by atoms with van der Waals surface area (Å²) in [5.41, 5.74) is 5.74. The van der Waals surface area contributed by atoms with E-state index < -0.39 is 23.3 Å². The number of hydrogen-bond donors (Lipinski definition) is 2. The maximum atomic E-state index is 17.1.